The number of hydrogen-bond acceptors (Lipinski definition) is 2. The Morgan fingerprint density at radius 1 is 1.33 bits per heavy atom. The second-order valence-corrected chi connectivity index (χ2v) is 3.00. The van der Waals surface area contributed by atoms with Crippen molar-refractivity contribution in [1.29, 1.82) is 0 Å². The van der Waals surface area contributed by atoms with Crippen LogP contribution in [0.1, 0.15) is 5.56 Å². The summed E-state index contributed by atoms with van der Waals surface area (Å²) in [5, 5.41) is 0. The van der Waals surface area contributed by atoms with Gasteiger partial charge in [0.05, 0.1) is 11.1 Å². The van der Waals surface area contributed by atoms with Gasteiger partial charge in [-0.2, -0.15) is 0 Å². The summed E-state index contributed by atoms with van der Waals surface area (Å²) < 4.78 is 25.8. The molecule has 0 amide bonds. The van der Waals surface area contributed by atoms with Crippen molar-refractivity contribution in [2.45, 2.75) is 6.61 Å². The van der Waals surface area contributed by atoms with Crippen LogP contribution in [0.2, 0.25) is 0 Å². The van der Waals surface area contributed by atoms with E-state index in [0.29, 0.717) is 0 Å². The first-order valence-electron chi connectivity index (χ1n) is 3.11. The van der Waals surface area contributed by atoms with E-state index < -0.39 is 11.6 Å². The van der Waals surface area contributed by atoms with Gasteiger partial charge in [0.1, 0.15) is 0 Å². The Morgan fingerprint density at radius 3 is 2.58 bits per heavy atom. The van der Waals surface area contributed by atoms with Crippen molar-refractivity contribution in [3.63, 3.8) is 0 Å². The van der Waals surface area contributed by atoms with Crippen LogP contribution in [0.15, 0.2) is 16.6 Å². The molecule has 12 heavy (non-hydrogen) atoms. The van der Waals surface area contributed by atoms with E-state index in [1.165, 1.54) is 12.1 Å². The van der Waals surface area contributed by atoms with Crippen molar-refractivity contribution >= 4 is 15.9 Å². The number of rotatable bonds is 2. The van der Waals surface area contributed by atoms with E-state index in [2.05, 4.69) is 20.8 Å². The average Bonchev–Trinajstić information content (AvgIpc) is 2.07. The van der Waals surface area contributed by atoms with Crippen LogP contribution in [0, 0.1) is 11.6 Å². The van der Waals surface area contributed by atoms with E-state index in [9.17, 15) is 8.78 Å². The highest BCUT2D eigenvalue weighted by molar-refractivity contribution is 9.10. The van der Waals surface area contributed by atoms with Crippen molar-refractivity contribution in [2.75, 3.05) is 0 Å². The lowest BCUT2D eigenvalue weighted by atomic mass is 10.2. The monoisotopic (exact) mass is 237 g/mol. The van der Waals surface area contributed by atoms with Crippen LogP contribution < -0.4 is 5.90 Å². The minimum atomic E-state index is -0.935. The van der Waals surface area contributed by atoms with Crippen LogP contribution in [-0.2, 0) is 11.4 Å². The number of halogens is 3. The summed E-state index contributed by atoms with van der Waals surface area (Å²) in [6.07, 6.45) is 0. The first-order valence-corrected chi connectivity index (χ1v) is 3.90. The molecule has 66 valence electrons. The van der Waals surface area contributed by atoms with E-state index in [0.717, 1.165) is 0 Å². The maximum Gasteiger partial charge on any atom is 0.173 e. The number of nitrogens with two attached hydrogens (primary N) is 1. The summed E-state index contributed by atoms with van der Waals surface area (Å²) in [5.41, 5.74) is 0.0956. The van der Waals surface area contributed by atoms with Crippen LogP contribution in [0.25, 0.3) is 0 Å². The smallest absolute Gasteiger partial charge is 0.173 e. The first-order chi connectivity index (χ1) is 5.66. The van der Waals surface area contributed by atoms with Crippen LogP contribution in [0.5, 0.6) is 0 Å². The molecule has 0 saturated heterocycles. The van der Waals surface area contributed by atoms with Gasteiger partial charge in [-0.05, 0) is 22.0 Å². The SMILES string of the molecule is NOCc1ccc(Br)c(F)c1F. The molecule has 0 bridgehead atoms. The van der Waals surface area contributed by atoms with E-state index in [1.807, 2.05) is 0 Å². The molecule has 2 N–H and O–H groups in total. The standard InChI is InChI=1S/C7H6BrF2NO/c8-5-2-1-4(3-12-11)6(9)7(5)10/h1-2H,3,11H2. The summed E-state index contributed by atoms with van der Waals surface area (Å²) in [6, 6.07) is 2.79. The molecule has 0 atom stereocenters. The Bertz CT molecular complexity index is 293. The van der Waals surface area contributed by atoms with Gasteiger partial charge in [0.25, 0.3) is 0 Å². The molecule has 0 aliphatic carbocycles. The van der Waals surface area contributed by atoms with Crippen molar-refractivity contribution in [3.8, 4) is 0 Å². The zero-order valence-corrected chi connectivity index (χ0v) is 7.57. The molecule has 5 heteroatoms. The highest BCUT2D eigenvalue weighted by Gasteiger charge is 2.10. The molecule has 0 aliphatic rings. The average molecular weight is 238 g/mol. The Morgan fingerprint density at radius 2 is 2.00 bits per heavy atom. The zero-order chi connectivity index (χ0) is 9.14. The molecule has 1 aromatic carbocycles. The number of hydrogen-bond donors (Lipinski definition) is 1. The molecule has 1 rings (SSSR count). The second kappa shape index (κ2) is 3.93. The third-order valence-electron chi connectivity index (χ3n) is 1.35. The van der Waals surface area contributed by atoms with Crippen LogP contribution >= 0.6 is 15.9 Å². The van der Waals surface area contributed by atoms with Gasteiger partial charge in [0, 0.05) is 5.56 Å². The van der Waals surface area contributed by atoms with Crippen molar-refractivity contribution in [1.82, 2.24) is 0 Å². The second-order valence-electron chi connectivity index (χ2n) is 2.15. The van der Waals surface area contributed by atoms with E-state index in [4.69, 9.17) is 5.90 Å². The van der Waals surface area contributed by atoms with Crippen LogP contribution in [0.4, 0.5) is 8.78 Å². The molecule has 0 aliphatic heterocycles. The van der Waals surface area contributed by atoms with Crippen molar-refractivity contribution in [2.24, 2.45) is 5.90 Å². The van der Waals surface area contributed by atoms with Gasteiger partial charge < -0.3 is 0 Å². The Hall–Kier alpha value is -0.520. The van der Waals surface area contributed by atoms with Crippen molar-refractivity contribution in [3.05, 3.63) is 33.8 Å². The first kappa shape index (κ1) is 9.57. The highest BCUT2D eigenvalue weighted by atomic mass is 79.9. The minimum absolute atomic E-state index is 0.0840. The quantitative estimate of drug-likeness (QED) is 0.632. The predicted octanol–water partition coefficient (Wildman–Crippen LogP) is 2.12. The molecule has 0 unspecified atom stereocenters. The fourth-order valence-electron chi connectivity index (χ4n) is 0.767. The van der Waals surface area contributed by atoms with Gasteiger partial charge in [0.15, 0.2) is 11.6 Å². The highest BCUT2D eigenvalue weighted by Crippen LogP contribution is 2.20. The fourth-order valence-corrected chi connectivity index (χ4v) is 1.07. The minimum Gasteiger partial charge on any atom is -0.300 e. The molecule has 0 fully saturated rings. The maximum absolute atomic E-state index is 12.9. The van der Waals surface area contributed by atoms with Gasteiger partial charge in [-0.25, -0.2) is 14.7 Å². The summed E-state index contributed by atoms with van der Waals surface area (Å²) in [7, 11) is 0. The van der Waals surface area contributed by atoms with Crippen LogP contribution in [0.3, 0.4) is 0 Å². The van der Waals surface area contributed by atoms with Crippen molar-refractivity contribution < 1.29 is 13.6 Å². The van der Waals surface area contributed by atoms with Gasteiger partial charge in [0.2, 0.25) is 0 Å². The molecule has 1 aromatic rings. The molecule has 0 spiro atoms. The zero-order valence-electron chi connectivity index (χ0n) is 5.98. The van der Waals surface area contributed by atoms with E-state index >= 15 is 0 Å². The molecule has 0 saturated carbocycles. The molecule has 0 heterocycles. The maximum atomic E-state index is 12.9. The lowest BCUT2D eigenvalue weighted by Gasteiger charge is -2.02. The number of benzene rings is 1. The lowest BCUT2D eigenvalue weighted by molar-refractivity contribution is 0.121. The molecular weight excluding hydrogens is 232 g/mol. The van der Waals surface area contributed by atoms with Gasteiger partial charge in [-0.1, -0.05) is 6.07 Å². The Kier molecular flexibility index (Phi) is 3.13. The van der Waals surface area contributed by atoms with E-state index in [-0.39, 0.29) is 16.6 Å². The molecule has 0 aromatic heterocycles. The Balaban J connectivity index is 3.08. The molecule has 0 radical (unpaired) electrons. The van der Waals surface area contributed by atoms with E-state index in [1.54, 1.807) is 0 Å². The summed E-state index contributed by atoms with van der Waals surface area (Å²) in [5.74, 6) is 2.86. The molecular formula is C7H6BrF2NO. The van der Waals surface area contributed by atoms with Gasteiger partial charge in [-0.3, -0.25) is 4.84 Å². The third-order valence-corrected chi connectivity index (χ3v) is 1.97. The van der Waals surface area contributed by atoms with Gasteiger partial charge >= 0.3 is 0 Å². The molecule has 2 nitrogen and oxygen atoms in total. The summed E-state index contributed by atoms with van der Waals surface area (Å²) >= 11 is 2.84. The third kappa shape index (κ3) is 1.80. The normalized spacial score (nSPS) is 10.3. The Labute approximate surface area is 76.4 Å². The summed E-state index contributed by atoms with van der Waals surface area (Å²) in [4.78, 5) is 4.18. The predicted molar refractivity (Wildman–Crippen MR) is 43.0 cm³/mol. The summed E-state index contributed by atoms with van der Waals surface area (Å²) in [6.45, 7) is -0.143. The topological polar surface area (TPSA) is 35.2 Å². The lowest BCUT2D eigenvalue weighted by Crippen LogP contribution is -2.02. The fraction of sp³-hybridized carbons (Fsp3) is 0.143. The largest absolute Gasteiger partial charge is 0.300 e. The van der Waals surface area contributed by atoms with Gasteiger partial charge in [-0.15, -0.1) is 0 Å². The van der Waals surface area contributed by atoms with Crippen LogP contribution in [-0.4, -0.2) is 0 Å².